The standard InChI is InChI=1S/C21H16F3N5OS2/c1-11(32-21-28-27-18(29(21)2)13-5-3-4-6-14(13)22)19(30)26-20-25-17(10-31-20)12-7-8-15(23)16(24)9-12/h3-11H,1-2H3,(H,25,26,30). The van der Waals surface area contributed by atoms with Crippen LogP contribution in [0.1, 0.15) is 6.92 Å². The van der Waals surface area contributed by atoms with E-state index in [1.807, 2.05) is 0 Å². The van der Waals surface area contributed by atoms with E-state index in [9.17, 15) is 18.0 Å². The van der Waals surface area contributed by atoms with E-state index < -0.39 is 22.7 Å². The molecule has 0 aliphatic rings. The van der Waals surface area contributed by atoms with Crippen molar-refractivity contribution in [2.24, 2.45) is 7.05 Å². The summed E-state index contributed by atoms with van der Waals surface area (Å²) in [6, 6.07) is 9.74. The molecule has 0 radical (unpaired) electrons. The molecule has 0 aliphatic carbocycles. The van der Waals surface area contributed by atoms with E-state index in [2.05, 4.69) is 20.5 Å². The first kappa shape index (κ1) is 22.0. The Morgan fingerprint density at radius 1 is 1.09 bits per heavy atom. The average Bonchev–Trinajstić information content (AvgIpc) is 3.37. The number of hydrogen-bond donors (Lipinski definition) is 1. The van der Waals surface area contributed by atoms with Crippen LogP contribution in [0.2, 0.25) is 0 Å². The van der Waals surface area contributed by atoms with E-state index in [1.54, 1.807) is 42.1 Å². The normalized spacial score (nSPS) is 12.0. The predicted molar refractivity (Wildman–Crippen MR) is 118 cm³/mol. The maximum Gasteiger partial charge on any atom is 0.239 e. The lowest BCUT2D eigenvalue weighted by Crippen LogP contribution is -2.22. The lowest BCUT2D eigenvalue weighted by Gasteiger charge is -2.10. The zero-order valence-electron chi connectivity index (χ0n) is 16.8. The van der Waals surface area contributed by atoms with Gasteiger partial charge in [0, 0.05) is 18.0 Å². The molecule has 6 nitrogen and oxygen atoms in total. The van der Waals surface area contributed by atoms with Crippen LogP contribution >= 0.6 is 23.1 Å². The second-order valence-electron chi connectivity index (χ2n) is 6.76. The summed E-state index contributed by atoms with van der Waals surface area (Å²) >= 11 is 2.34. The second-order valence-corrected chi connectivity index (χ2v) is 8.93. The van der Waals surface area contributed by atoms with Gasteiger partial charge in [-0.1, -0.05) is 23.9 Å². The summed E-state index contributed by atoms with van der Waals surface area (Å²) in [6.07, 6.45) is 0. The summed E-state index contributed by atoms with van der Waals surface area (Å²) in [4.78, 5) is 16.9. The quantitative estimate of drug-likeness (QED) is 0.391. The SMILES string of the molecule is CC(Sc1nnc(-c2ccccc2F)n1C)C(=O)Nc1nc(-c2ccc(F)c(F)c2)cs1. The van der Waals surface area contributed by atoms with Crippen LogP contribution in [0.4, 0.5) is 18.3 Å². The van der Waals surface area contributed by atoms with E-state index in [4.69, 9.17) is 0 Å². The Morgan fingerprint density at radius 2 is 1.88 bits per heavy atom. The van der Waals surface area contributed by atoms with E-state index in [0.717, 1.165) is 12.1 Å². The first-order valence-electron chi connectivity index (χ1n) is 9.36. The van der Waals surface area contributed by atoms with Crippen LogP contribution in [0.15, 0.2) is 53.0 Å². The zero-order valence-corrected chi connectivity index (χ0v) is 18.5. The number of nitrogens with one attached hydrogen (secondary N) is 1. The third-order valence-corrected chi connectivity index (χ3v) is 6.44. The molecular formula is C21H16F3N5OS2. The summed E-state index contributed by atoms with van der Waals surface area (Å²) in [5.74, 6) is -2.29. The van der Waals surface area contributed by atoms with Crippen LogP contribution in [0, 0.1) is 17.5 Å². The first-order valence-corrected chi connectivity index (χ1v) is 11.1. The van der Waals surface area contributed by atoms with Crippen molar-refractivity contribution in [2.45, 2.75) is 17.3 Å². The number of rotatable bonds is 6. The minimum absolute atomic E-state index is 0.319. The Balaban J connectivity index is 1.44. The van der Waals surface area contributed by atoms with E-state index >= 15 is 0 Å². The van der Waals surface area contributed by atoms with Gasteiger partial charge < -0.3 is 9.88 Å². The second kappa shape index (κ2) is 9.13. The number of benzene rings is 2. The van der Waals surface area contributed by atoms with Gasteiger partial charge in [0.05, 0.1) is 16.5 Å². The molecule has 0 saturated carbocycles. The van der Waals surface area contributed by atoms with Gasteiger partial charge in [-0.25, -0.2) is 18.2 Å². The lowest BCUT2D eigenvalue weighted by atomic mass is 10.2. The van der Waals surface area contributed by atoms with Crippen LogP contribution in [0.25, 0.3) is 22.6 Å². The molecule has 2 aromatic carbocycles. The van der Waals surface area contributed by atoms with Gasteiger partial charge in [-0.3, -0.25) is 4.79 Å². The van der Waals surface area contributed by atoms with Gasteiger partial charge in [-0.2, -0.15) is 0 Å². The highest BCUT2D eigenvalue weighted by Gasteiger charge is 2.21. The van der Waals surface area contributed by atoms with Gasteiger partial charge in [-0.15, -0.1) is 21.5 Å². The summed E-state index contributed by atoms with van der Waals surface area (Å²) in [5, 5.41) is 12.7. The Morgan fingerprint density at radius 3 is 2.62 bits per heavy atom. The fourth-order valence-electron chi connectivity index (χ4n) is 2.83. The molecule has 11 heteroatoms. The molecule has 1 N–H and O–H groups in total. The summed E-state index contributed by atoms with van der Waals surface area (Å²) in [5.41, 5.74) is 1.15. The highest BCUT2D eigenvalue weighted by atomic mass is 32.2. The number of thioether (sulfide) groups is 1. The number of thiazole rings is 1. The number of hydrogen-bond acceptors (Lipinski definition) is 6. The highest BCUT2D eigenvalue weighted by molar-refractivity contribution is 8.00. The van der Waals surface area contributed by atoms with Crippen LogP contribution in [-0.2, 0) is 11.8 Å². The summed E-state index contributed by atoms with van der Waals surface area (Å²) in [7, 11) is 1.70. The van der Waals surface area contributed by atoms with E-state index in [0.29, 0.717) is 32.9 Å². The molecule has 0 bridgehead atoms. The van der Waals surface area contributed by atoms with Gasteiger partial charge in [0.2, 0.25) is 5.91 Å². The third-order valence-electron chi connectivity index (χ3n) is 4.55. The summed E-state index contributed by atoms with van der Waals surface area (Å²) in [6.45, 7) is 1.70. The Bertz CT molecular complexity index is 1290. The fourth-order valence-corrected chi connectivity index (χ4v) is 4.37. The number of carbonyl (C=O) groups is 1. The topological polar surface area (TPSA) is 72.7 Å². The van der Waals surface area contributed by atoms with Gasteiger partial charge in [0.25, 0.3) is 0 Å². The molecule has 1 unspecified atom stereocenters. The van der Waals surface area contributed by atoms with Crippen molar-refractivity contribution in [1.29, 1.82) is 0 Å². The van der Waals surface area contributed by atoms with Gasteiger partial charge in [0.15, 0.2) is 27.7 Å². The highest BCUT2D eigenvalue weighted by Crippen LogP contribution is 2.29. The van der Waals surface area contributed by atoms with Crippen molar-refractivity contribution < 1.29 is 18.0 Å². The first-order chi connectivity index (χ1) is 15.3. The number of anilines is 1. The van der Waals surface area contributed by atoms with Crippen molar-refractivity contribution in [3.63, 3.8) is 0 Å². The monoisotopic (exact) mass is 475 g/mol. The predicted octanol–water partition coefficient (Wildman–Crippen LogP) is 5.14. The van der Waals surface area contributed by atoms with Crippen LogP contribution in [0.3, 0.4) is 0 Å². The Labute approximate surface area is 189 Å². The molecule has 0 fully saturated rings. The van der Waals surface area contributed by atoms with Gasteiger partial charge >= 0.3 is 0 Å². The van der Waals surface area contributed by atoms with Crippen molar-refractivity contribution in [1.82, 2.24) is 19.7 Å². The smallest absolute Gasteiger partial charge is 0.239 e. The molecule has 32 heavy (non-hydrogen) atoms. The maximum absolute atomic E-state index is 14.1. The van der Waals surface area contributed by atoms with E-state index in [-0.39, 0.29) is 5.91 Å². The fraction of sp³-hybridized carbons (Fsp3) is 0.143. The molecular weight excluding hydrogens is 459 g/mol. The Hall–Kier alpha value is -3.18. The van der Waals surface area contributed by atoms with E-state index in [1.165, 1.54) is 35.2 Å². The van der Waals surface area contributed by atoms with Gasteiger partial charge in [-0.05, 0) is 37.3 Å². The van der Waals surface area contributed by atoms with Gasteiger partial charge in [0.1, 0.15) is 5.82 Å². The van der Waals surface area contributed by atoms with Crippen LogP contribution in [0.5, 0.6) is 0 Å². The maximum atomic E-state index is 14.1. The van der Waals surface area contributed by atoms with Crippen LogP contribution in [-0.4, -0.2) is 30.9 Å². The van der Waals surface area contributed by atoms with Crippen molar-refractivity contribution >= 4 is 34.1 Å². The zero-order chi connectivity index (χ0) is 22.8. The largest absolute Gasteiger partial charge is 0.305 e. The number of halogens is 3. The molecule has 164 valence electrons. The van der Waals surface area contributed by atoms with Crippen LogP contribution < -0.4 is 5.32 Å². The Kier molecular flexibility index (Phi) is 6.28. The minimum atomic E-state index is -0.968. The molecule has 0 aliphatic heterocycles. The molecule has 4 rings (SSSR count). The third kappa shape index (κ3) is 4.53. The lowest BCUT2D eigenvalue weighted by molar-refractivity contribution is -0.115. The van der Waals surface area contributed by atoms with Crippen molar-refractivity contribution in [3.8, 4) is 22.6 Å². The molecule has 1 amide bonds. The molecule has 2 heterocycles. The molecule has 1 atom stereocenters. The molecule has 2 aromatic heterocycles. The number of aromatic nitrogens is 4. The number of nitrogens with zero attached hydrogens (tertiary/aromatic N) is 4. The average molecular weight is 476 g/mol. The number of amides is 1. The molecule has 0 saturated heterocycles. The summed E-state index contributed by atoms with van der Waals surface area (Å²) < 4.78 is 42.3. The molecule has 4 aromatic rings. The minimum Gasteiger partial charge on any atom is -0.305 e. The number of carbonyl (C=O) groups excluding carboxylic acids is 1. The molecule has 0 spiro atoms. The van der Waals surface area contributed by atoms with Crippen molar-refractivity contribution in [2.75, 3.05) is 5.32 Å². The van der Waals surface area contributed by atoms with Crippen molar-refractivity contribution in [3.05, 3.63) is 65.3 Å².